The van der Waals surface area contributed by atoms with E-state index in [2.05, 4.69) is 5.32 Å². The average molecular weight is 430 g/mol. The zero-order valence-electron chi connectivity index (χ0n) is 16.0. The fourth-order valence-corrected chi connectivity index (χ4v) is 4.14. The van der Waals surface area contributed by atoms with E-state index in [1.807, 2.05) is 6.92 Å². The van der Waals surface area contributed by atoms with Crippen molar-refractivity contribution in [2.45, 2.75) is 25.4 Å². The van der Waals surface area contributed by atoms with E-state index in [0.717, 1.165) is 24.9 Å². The van der Waals surface area contributed by atoms with Crippen molar-refractivity contribution in [1.29, 1.82) is 0 Å². The first kappa shape index (κ1) is 20.1. The lowest BCUT2D eigenvalue weighted by molar-refractivity contribution is -0.127. The Kier molecular flexibility index (Phi) is 5.47. The second-order valence-electron chi connectivity index (χ2n) is 7.51. The molecular formula is C22H21Cl2N3O2. The van der Waals surface area contributed by atoms with Gasteiger partial charge >= 0.3 is 0 Å². The molecule has 2 aromatic carbocycles. The van der Waals surface area contributed by atoms with Crippen molar-refractivity contribution >= 4 is 40.6 Å². The van der Waals surface area contributed by atoms with Crippen LogP contribution in [0.15, 0.2) is 47.5 Å². The summed E-state index contributed by atoms with van der Waals surface area (Å²) >= 11 is 12.1. The highest BCUT2D eigenvalue weighted by Gasteiger charge is 2.48. The van der Waals surface area contributed by atoms with Crippen LogP contribution in [0.4, 0.5) is 0 Å². The Labute approximate surface area is 179 Å². The molecule has 0 radical (unpaired) electrons. The number of carbonyl (C=O) groups is 2. The summed E-state index contributed by atoms with van der Waals surface area (Å²) in [6, 6.07) is 12.2. The molecule has 1 spiro atoms. The summed E-state index contributed by atoms with van der Waals surface area (Å²) in [6.45, 7) is 3.24. The number of benzene rings is 2. The number of aryl methyl sites for hydroxylation is 1. The Hall–Kier alpha value is -2.21. The van der Waals surface area contributed by atoms with Crippen molar-refractivity contribution in [2.24, 2.45) is 4.99 Å². The molecule has 0 aromatic heterocycles. The third-order valence-electron chi connectivity index (χ3n) is 5.51. The quantitative estimate of drug-likeness (QED) is 0.749. The van der Waals surface area contributed by atoms with Gasteiger partial charge in [0.1, 0.15) is 11.4 Å². The molecule has 1 fully saturated rings. The molecule has 1 N–H and O–H groups in total. The number of nitrogens with one attached hydrogen (secondary N) is 1. The molecule has 1 atom stereocenters. The SMILES string of the molecule is Cc1cc(C(=O)CN2C(=O)C(c3ccc(Cl)cc3)=NC23CCCNC3)ccc1Cl. The van der Waals surface area contributed by atoms with Crippen molar-refractivity contribution in [3.8, 4) is 0 Å². The summed E-state index contributed by atoms with van der Waals surface area (Å²) in [5, 5.41) is 4.54. The Balaban J connectivity index is 1.66. The summed E-state index contributed by atoms with van der Waals surface area (Å²) in [5.41, 5.74) is 1.73. The predicted octanol–water partition coefficient (Wildman–Crippen LogP) is 3.90. The van der Waals surface area contributed by atoms with Crippen LogP contribution < -0.4 is 5.32 Å². The molecule has 7 heteroatoms. The molecule has 150 valence electrons. The van der Waals surface area contributed by atoms with E-state index in [9.17, 15) is 9.59 Å². The molecule has 0 saturated carbocycles. The molecule has 0 bridgehead atoms. The highest BCUT2D eigenvalue weighted by Crippen LogP contribution is 2.33. The minimum absolute atomic E-state index is 0.0256. The lowest BCUT2D eigenvalue weighted by atomic mass is 9.98. The van der Waals surface area contributed by atoms with Crippen LogP contribution >= 0.6 is 23.2 Å². The highest BCUT2D eigenvalue weighted by atomic mass is 35.5. The van der Waals surface area contributed by atoms with Crippen LogP contribution in [-0.2, 0) is 4.79 Å². The number of carbonyl (C=O) groups excluding carboxylic acids is 2. The van der Waals surface area contributed by atoms with Crippen molar-refractivity contribution in [1.82, 2.24) is 10.2 Å². The second kappa shape index (κ2) is 7.90. The third kappa shape index (κ3) is 3.82. The fraction of sp³-hybridized carbons (Fsp3) is 0.318. The Morgan fingerprint density at radius 3 is 2.62 bits per heavy atom. The standard InChI is InChI=1S/C22H21Cl2N3O2/c1-14-11-16(5-8-18(14)24)19(28)12-27-21(29)20(15-3-6-17(23)7-4-15)26-22(27)9-2-10-25-13-22/h3-8,11,25H,2,9-10,12-13H2,1H3. The molecule has 5 nitrogen and oxygen atoms in total. The maximum Gasteiger partial charge on any atom is 0.275 e. The van der Waals surface area contributed by atoms with Crippen molar-refractivity contribution in [2.75, 3.05) is 19.6 Å². The second-order valence-corrected chi connectivity index (χ2v) is 8.35. The van der Waals surface area contributed by atoms with Crippen LogP contribution in [0.3, 0.4) is 0 Å². The number of Topliss-reactive ketones (excluding diaryl/α,β-unsaturated/α-hetero) is 1. The molecule has 4 rings (SSSR count). The van der Waals surface area contributed by atoms with Gasteiger partial charge in [0.2, 0.25) is 0 Å². The Bertz CT molecular complexity index is 996. The molecule has 2 aromatic rings. The summed E-state index contributed by atoms with van der Waals surface area (Å²) in [5.74, 6) is -0.356. The van der Waals surface area contributed by atoms with Crippen LogP contribution in [0.1, 0.15) is 34.3 Å². The average Bonchev–Trinajstić information content (AvgIpc) is 2.97. The smallest absolute Gasteiger partial charge is 0.275 e. The van der Waals surface area contributed by atoms with E-state index in [1.165, 1.54) is 0 Å². The van der Waals surface area contributed by atoms with Gasteiger partial charge in [-0.15, -0.1) is 0 Å². The van der Waals surface area contributed by atoms with Gasteiger partial charge in [0, 0.05) is 27.7 Å². The first-order chi connectivity index (χ1) is 13.9. The first-order valence-electron chi connectivity index (χ1n) is 9.57. The molecule has 2 heterocycles. The highest BCUT2D eigenvalue weighted by molar-refractivity contribution is 6.47. The van der Waals surface area contributed by atoms with Crippen molar-refractivity contribution in [3.63, 3.8) is 0 Å². The van der Waals surface area contributed by atoms with Gasteiger partial charge in [-0.2, -0.15) is 0 Å². The monoisotopic (exact) mass is 429 g/mol. The molecule has 1 amide bonds. The molecule has 1 saturated heterocycles. The van der Waals surface area contributed by atoms with E-state index >= 15 is 0 Å². The van der Waals surface area contributed by atoms with Crippen molar-refractivity contribution < 1.29 is 9.59 Å². The number of hydrogen-bond donors (Lipinski definition) is 1. The van der Waals surface area contributed by atoms with Gasteiger partial charge in [0.15, 0.2) is 5.78 Å². The molecule has 29 heavy (non-hydrogen) atoms. The van der Waals surface area contributed by atoms with Gasteiger partial charge in [0.25, 0.3) is 5.91 Å². The zero-order valence-corrected chi connectivity index (χ0v) is 17.6. The maximum atomic E-state index is 13.3. The number of ketones is 1. The number of aliphatic imine (C=N–C) groups is 1. The number of hydrogen-bond acceptors (Lipinski definition) is 4. The summed E-state index contributed by atoms with van der Waals surface area (Å²) in [6.07, 6.45) is 1.60. The van der Waals surface area contributed by atoms with E-state index in [4.69, 9.17) is 28.2 Å². The topological polar surface area (TPSA) is 61.8 Å². The number of nitrogens with zero attached hydrogens (tertiary/aromatic N) is 2. The number of rotatable bonds is 4. The van der Waals surface area contributed by atoms with Gasteiger partial charge in [-0.05, 0) is 62.2 Å². The van der Waals surface area contributed by atoms with Crippen LogP contribution in [0.2, 0.25) is 10.0 Å². The van der Waals surface area contributed by atoms with Gasteiger partial charge < -0.3 is 10.2 Å². The summed E-state index contributed by atoms with van der Waals surface area (Å²) in [4.78, 5) is 32.8. The molecule has 2 aliphatic rings. The third-order valence-corrected chi connectivity index (χ3v) is 6.18. The zero-order chi connectivity index (χ0) is 20.6. The van der Waals surface area contributed by atoms with Crippen molar-refractivity contribution in [3.05, 3.63) is 69.2 Å². The van der Waals surface area contributed by atoms with Gasteiger partial charge in [-0.25, -0.2) is 4.99 Å². The van der Waals surface area contributed by atoms with E-state index in [-0.39, 0.29) is 18.2 Å². The molecule has 2 aliphatic heterocycles. The summed E-state index contributed by atoms with van der Waals surface area (Å²) < 4.78 is 0. The Morgan fingerprint density at radius 2 is 1.97 bits per heavy atom. The number of amides is 1. The number of halogens is 2. The molecular weight excluding hydrogens is 409 g/mol. The first-order valence-corrected chi connectivity index (χ1v) is 10.3. The minimum atomic E-state index is -0.735. The van der Waals surface area contributed by atoms with Crippen LogP contribution in [0.25, 0.3) is 0 Å². The van der Waals surface area contributed by atoms with Gasteiger partial charge in [0.05, 0.1) is 6.54 Å². The fourth-order valence-electron chi connectivity index (χ4n) is 3.90. The normalized spacial score (nSPS) is 21.6. The van der Waals surface area contributed by atoms with Gasteiger partial charge in [-0.3, -0.25) is 9.59 Å². The van der Waals surface area contributed by atoms with Gasteiger partial charge in [-0.1, -0.05) is 35.3 Å². The molecule has 1 unspecified atom stereocenters. The van der Waals surface area contributed by atoms with E-state index < -0.39 is 5.66 Å². The minimum Gasteiger partial charge on any atom is -0.313 e. The summed E-state index contributed by atoms with van der Waals surface area (Å²) in [7, 11) is 0. The lowest BCUT2D eigenvalue weighted by Gasteiger charge is -2.39. The van der Waals surface area contributed by atoms with E-state index in [0.29, 0.717) is 33.4 Å². The van der Waals surface area contributed by atoms with Crippen LogP contribution in [0, 0.1) is 6.92 Å². The number of piperidine rings is 1. The Morgan fingerprint density at radius 1 is 1.21 bits per heavy atom. The lowest BCUT2D eigenvalue weighted by Crippen LogP contribution is -2.57. The molecule has 0 aliphatic carbocycles. The predicted molar refractivity (Wildman–Crippen MR) is 115 cm³/mol. The largest absolute Gasteiger partial charge is 0.313 e. The van der Waals surface area contributed by atoms with Crippen LogP contribution in [0.5, 0.6) is 0 Å². The maximum absolute atomic E-state index is 13.3. The van der Waals surface area contributed by atoms with Crippen LogP contribution in [-0.4, -0.2) is 47.6 Å². The van der Waals surface area contributed by atoms with E-state index in [1.54, 1.807) is 47.4 Å².